The van der Waals surface area contributed by atoms with Gasteiger partial charge in [0.2, 0.25) is 0 Å². The van der Waals surface area contributed by atoms with E-state index >= 15 is 0 Å². The van der Waals surface area contributed by atoms with Crippen LogP contribution >= 0.6 is 11.6 Å². The molecule has 0 aromatic heterocycles. The SMILES string of the molecule is Cc1ccc2c(c1Cl)OCCO2. The topological polar surface area (TPSA) is 18.5 Å². The van der Waals surface area contributed by atoms with E-state index in [4.69, 9.17) is 21.1 Å². The smallest absolute Gasteiger partial charge is 0.180 e. The summed E-state index contributed by atoms with van der Waals surface area (Å²) in [4.78, 5) is 0. The van der Waals surface area contributed by atoms with Gasteiger partial charge in [-0.1, -0.05) is 17.7 Å². The van der Waals surface area contributed by atoms with Gasteiger partial charge >= 0.3 is 0 Å². The second-order valence-corrected chi connectivity index (χ2v) is 3.10. The van der Waals surface area contributed by atoms with Gasteiger partial charge in [0.25, 0.3) is 0 Å². The Hall–Kier alpha value is -0.890. The van der Waals surface area contributed by atoms with Crippen molar-refractivity contribution in [1.29, 1.82) is 0 Å². The summed E-state index contributed by atoms with van der Waals surface area (Å²) in [7, 11) is 0. The van der Waals surface area contributed by atoms with Crippen LogP contribution in [0.15, 0.2) is 12.1 Å². The largest absolute Gasteiger partial charge is 0.486 e. The van der Waals surface area contributed by atoms with Crippen LogP contribution in [0.5, 0.6) is 11.5 Å². The second-order valence-electron chi connectivity index (χ2n) is 2.72. The summed E-state index contributed by atoms with van der Waals surface area (Å²) in [5.74, 6) is 1.43. The zero-order valence-electron chi connectivity index (χ0n) is 6.76. The van der Waals surface area contributed by atoms with Crippen molar-refractivity contribution in [3.8, 4) is 11.5 Å². The maximum absolute atomic E-state index is 6.01. The fourth-order valence-electron chi connectivity index (χ4n) is 1.18. The summed E-state index contributed by atoms with van der Waals surface area (Å²) in [6.45, 7) is 3.13. The molecule has 0 atom stereocenters. The molecular weight excluding hydrogens is 176 g/mol. The number of hydrogen-bond donors (Lipinski definition) is 0. The van der Waals surface area contributed by atoms with Crippen LogP contribution in [-0.2, 0) is 0 Å². The summed E-state index contributed by atoms with van der Waals surface area (Å²) in [5.41, 5.74) is 1.01. The van der Waals surface area contributed by atoms with E-state index in [0.717, 1.165) is 11.3 Å². The first-order valence-corrected chi connectivity index (χ1v) is 4.21. The molecule has 2 rings (SSSR count). The predicted molar refractivity (Wildman–Crippen MR) is 47.2 cm³/mol. The number of aryl methyl sites for hydroxylation is 1. The number of halogens is 1. The maximum atomic E-state index is 6.01. The highest BCUT2D eigenvalue weighted by molar-refractivity contribution is 6.33. The Balaban J connectivity index is 2.54. The minimum atomic E-state index is 0.580. The van der Waals surface area contributed by atoms with Gasteiger partial charge in [-0.25, -0.2) is 0 Å². The van der Waals surface area contributed by atoms with Gasteiger partial charge < -0.3 is 9.47 Å². The molecule has 3 heteroatoms. The van der Waals surface area contributed by atoms with Gasteiger partial charge in [0.15, 0.2) is 11.5 Å². The quantitative estimate of drug-likeness (QED) is 0.617. The van der Waals surface area contributed by atoms with Crippen LogP contribution in [0.3, 0.4) is 0 Å². The molecule has 0 N–H and O–H groups in total. The van der Waals surface area contributed by atoms with Gasteiger partial charge in [-0.05, 0) is 18.6 Å². The molecule has 12 heavy (non-hydrogen) atoms. The van der Waals surface area contributed by atoms with E-state index in [9.17, 15) is 0 Å². The minimum absolute atomic E-state index is 0.580. The van der Waals surface area contributed by atoms with Gasteiger partial charge in [0.1, 0.15) is 13.2 Å². The van der Waals surface area contributed by atoms with E-state index < -0.39 is 0 Å². The molecule has 0 spiro atoms. The van der Waals surface area contributed by atoms with Crippen LogP contribution in [0.4, 0.5) is 0 Å². The summed E-state index contributed by atoms with van der Waals surface area (Å²) in [6.07, 6.45) is 0. The summed E-state index contributed by atoms with van der Waals surface area (Å²) in [6, 6.07) is 3.81. The lowest BCUT2D eigenvalue weighted by atomic mass is 10.2. The number of fused-ring (bicyclic) bond motifs is 1. The summed E-state index contributed by atoms with van der Waals surface area (Å²) >= 11 is 6.01. The Kier molecular flexibility index (Phi) is 1.85. The lowest BCUT2D eigenvalue weighted by Gasteiger charge is -2.19. The van der Waals surface area contributed by atoms with E-state index in [1.54, 1.807) is 0 Å². The van der Waals surface area contributed by atoms with Crippen LogP contribution in [-0.4, -0.2) is 13.2 Å². The Morgan fingerprint density at radius 3 is 2.83 bits per heavy atom. The molecule has 2 nitrogen and oxygen atoms in total. The van der Waals surface area contributed by atoms with E-state index in [0.29, 0.717) is 24.0 Å². The predicted octanol–water partition coefficient (Wildman–Crippen LogP) is 2.42. The second kappa shape index (κ2) is 2.87. The zero-order chi connectivity index (χ0) is 8.55. The number of hydrogen-bond acceptors (Lipinski definition) is 2. The lowest BCUT2D eigenvalue weighted by Crippen LogP contribution is -2.15. The van der Waals surface area contributed by atoms with Gasteiger partial charge in [-0.15, -0.1) is 0 Å². The molecule has 1 aliphatic heterocycles. The van der Waals surface area contributed by atoms with Gasteiger partial charge in [-0.3, -0.25) is 0 Å². The minimum Gasteiger partial charge on any atom is -0.486 e. The first-order chi connectivity index (χ1) is 5.79. The molecule has 1 aromatic rings. The van der Waals surface area contributed by atoms with E-state index in [-0.39, 0.29) is 0 Å². The molecule has 0 aliphatic carbocycles. The summed E-state index contributed by atoms with van der Waals surface area (Å²) < 4.78 is 10.7. The Bertz CT molecular complexity index is 310. The Labute approximate surface area is 76.1 Å². The van der Waals surface area contributed by atoms with Crippen molar-refractivity contribution < 1.29 is 9.47 Å². The highest BCUT2D eigenvalue weighted by atomic mass is 35.5. The maximum Gasteiger partial charge on any atom is 0.180 e. The van der Waals surface area contributed by atoms with Crippen molar-refractivity contribution in [2.24, 2.45) is 0 Å². The molecule has 0 unspecified atom stereocenters. The molecule has 0 radical (unpaired) electrons. The van der Waals surface area contributed by atoms with E-state index in [1.807, 2.05) is 19.1 Å². The molecule has 0 saturated carbocycles. The van der Waals surface area contributed by atoms with Crippen LogP contribution in [0.1, 0.15) is 5.56 Å². The third kappa shape index (κ3) is 1.12. The van der Waals surface area contributed by atoms with Crippen molar-refractivity contribution in [3.63, 3.8) is 0 Å². The molecule has 64 valence electrons. The van der Waals surface area contributed by atoms with Gasteiger partial charge in [0.05, 0.1) is 5.02 Å². The van der Waals surface area contributed by atoms with Crippen molar-refractivity contribution in [2.75, 3.05) is 13.2 Å². The molecule has 1 aromatic carbocycles. The Morgan fingerprint density at radius 2 is 2.00 bits per heavy atom. The first kappa shape index (κ1) is 7.74. The monoisotopic (exact) mass is 184 g/mol. The normalized spacial score (nSPS) is 14.5. The average molecular weight is 185 g/mol. The summed E-state index contributed by atoms with van der Waals surface area (Å²) in [5, 5.41) is 0.659. The molecule has 0 saturated heterocycles. The fourth-order valence-corrected chi connectivity index (χ4v) is 1.39. The van der Waals surface area contributed by atoms with E-state index in [2.05, 4.69) is 0 Å². The zero-order valence-corrected chi connectivity index (χ0v) is 7.52. The number of ether oxygens (including phenoxy) is 2. The highest BCUT2D eigenvalue weighted by Gasteiger charge is 2.15. The first-order valence-electron chi connectivity index (χ1n) is 3.84. The van der Waals surface area contributed by atoms with Gasteiger partial charge in [-0.2, -0.15) is 0 Å². The van der Waals surface area contributed by atoms with Crippen molar-refractivity contribution >= 4 is 11.6 Å². The van der Waals surface area contributed by atoms with Crippen molar-refractivity contribution in [1.82, 2.24) is 0 Å². The molecule has 1 aliphatic rings. The molecule has 0 bridgehead atoms. The van der Waals surface area contributed by atoms with Crippen LogP contribution < -0.4 is 9.47 Å². The third-order valence-corrected chi connectivity index (χ3v) is 2.31. The van der Waals surface area contributed by atoms with Crippen LogP contribution in [0, 0.1) is 6.92 Å². The molecule has 1 heterocycles. The van der Waals surface area contributed by atoms with Crippen molar-refractivity contribution in [2.45, 2.75) is 6.92 Å². The average Bonchev–Trinajstić information content (AvgIpc) is 2.12. The number of rotatable bonds is 0. The molecular formula is C9H9ClO2. The lowest BCUT2D eigenvalue weighted by molar-refractivity contribution is 0.171. The molecule has 0 amide bonds. The van der Waals surface area contributed by atoms with E-state index in [1.165, 1.54) is 0 Å². The molecule has 0 fully saturated rings. The Morgan fingerprint density at radius 1 is 1.25 bits per heavy atom. The standard InChI is InChI=1S/C9H9ClO2/c1-6-2-3-7-9(8(6)10)12-5-4-11-7/h2-3H,4-5H2,1H3. The number of benzene rings is 1. The van der Waals surface area contributed by atoms with Crippen molar-refractivity contribution in [3.05, 3.63) is 22.7 Å². The van der Waals surface area contributed by atoms with Gasteiger partial charge in [0, 0.05) is 0 Å². The third-order valence-electron chi connectivity index (χ3n) is 1.84. The van der Waals surface area contributed by atoms with Crippen LogP contribution in [0.2, 0.25) is 5.02 Å². The highest BCUT2D eigenvalue weighted by Crippen LogP contribution is 2.38. The van der Waals surface area contributed by atoms with Crippen LogP contribution in [0.25, 0.3) is 0 Å². The fraction of sp³-hybridized carbons (Fsp3) is 0.333.